The molecule has 0 spiro atoms. The number of nitrogens with one attached hydrogen (secondary N) is 1. The van der Waals surface area contributed by atoms with Gasteiger partial charge in [-0.15, -0.1) is 10.2 Å². The van der Waals surface area contributed by atoms with Crippen molar-refractivity contribution in [2.24, 2.45) is 5.84 Å². The number of nitrogens with two attached hydrogens (primary N) is 1. The van der Waals surface area contributed by atoms with E-state index in [4.69, 9.17) is 5.84 Å². The lowest BCUT2D eigenvalue weighted by Crippen LogP contribution is -2.34. The Morgan fingerprint density at radius 2 is 2.25 bits per heavy atom. The number of hydrogen-bond donors (Lipinski definition) is 2. The Kier molecular flexibility index (Phi) is 2.91. The summed E-state index contributed by atoms with van der Waals surface area (Å²) in [4.78, 5) is 16.6. The average Bonchev–Trinajstić information content (AvgIpc) is 2.94. The SMILES string of the molecule is NNc1cc([N+](=O)[O-])cc(N2CCn3cnnc3C2)n1. The highest BCUT2D eigenvalue weighted by Crippen LogP contribution is 2.25. The second-order valence-corrected chi connectivity index (χ2v) is 4.33. The maximum absolute atomic E-state index is 10.9. The molecule has 0 atom stereocenters. The Morgan fingerprint density at radius 3 is 3.00 bits per heavy atom. The second kappa shape index (κ2) is 4.74. The van der Waals surface area contributed by atoms with Crippen LogP contribution < -0.4 is 16.2 Å². The Labute approximate surface area is 113 Å². The number of pyridine rings is 1. The molecule has 0 aliphatic carbocycles. The normalized spacial score (nSPS) is 13.9. The predicted molar refractivity (Wildman–Crippen MR) is 69.8 cm³/mol. The third-order valence-corrected chi connectivity index (χ3v) is 3.12. The first-order valence-electron chi connectivity index (χ1n) is 5.92. The van der Waals surface area contributed by atoms with Crippen LogP contribution in [0.15, 0.2) is 18.5 Å². The Balaban J connectivity index is 1.94. The van der Waals surface area contributed by atoms with E-state index >= 15 is 0 Å². The van der Waals surface area contributed by atoms with Gasteiger partial charge in [-0.25, -0.2) is 10.8 Å². The van der Waals surface area contributed by atoms with Gasteiger partial charge in [0, 0.05) is 13.1 Å². The smallest absolute Gasteiger partial charge is 0.276 e. The van der Waals surface area contributed by atoms with Crippen LogP contribution in [0.2, 0.25) is 0 Å². The molecule has 3 rings (SSSR count). The van der Waals surface area contributed by atoms with E-state index in [2.05, 4.69) is 20.6 Å². The standard InChI is InChI=1S/C10H12N8O2/c11-14-8-3-7(18(19)20)4-9(13-8)16-1-2-17-6-12-15-10(17)5-16/h3-4,6H,1-2,5,11H2,(H,13,14). The quantitative estimate of drug-likeness (QED) is 0.451. The highest BCUT2D eigenvalue weighted by Gasteiger charge is 2.21. The largest absolute Gasteiger partial charge is 0.347 e. The molecule has 0 unspecified atom stereocenters. The lowest BCUT2D eigenvalue weighted by Gasteiger charge is -2.28. The van der Waals surface area contributed by atoms with Crippen molar-refractivity contribution in [3.05, 3.63) is 34.4 Å². The molecule has 3 heterocycles. The van der Waals surface area contributed by atoms with E-state index in [1.165, 1.54) is 12.1 Å². The van der Waals surface area contributed by atoms with E-state index in [1.54, 1.807) is 6.33 Å². The average molecular weight is 276 g/mol. The molecule has 104 valence electrons. The van der Waals surface area contributed by atoms with Gasteiger partial charge in [-0.1, -0.05) is 0 Å². The molecule has 10 nitrogen and oxygen atoms in total. The molecular weight excluding hydrogens is 264 g/mol. The van der Waals surface area contributed by atoms with Crippen molar-refractivity contribution < 1.29 is 4.92 Å². The van der Waals surface area contributed by atoms with Crippen molar-refractivity contribution in [1.82, 2.24) is 19.7 Å². The molecule has 10 heteroatoms. The minimum atomic E-state index is -0.474. The minimum absolute atomic E-state index is 0.0602. The third-order valence-electron chi connectivity index (χ3n) is 3.12. The molecule has 2 aromatic rings. The van der Waals surface area contributed by atoms with Crippen molar-refractivity contribution in [3.8, 4) is 0 Å². The molecule has 0 fully saturated rings. The number of fused-ring (bicyclic) bond motifs is 1. The first-order chi connectivity index (χ1) is 9.67. The van der Waals surface area contributed by atoms with Gasteiger partial charge in [-0.05, 0) is 0 Å². The topological polar surface area (TPSA) is 128 Å². The molecule has 2 aromatic heterocycles. The second-order valence-electron chi connectivity index (χ2n) is 4.33. The fourth-order valence-corrected chi connectivity index (χ4v) is 2.11. The summed E-state index contributed by atoms with van der Waals surface area (Å²) in [6.07, 6.45) is 1.67. The van der Waals surface area contributed by atoms with Crippen molar-refractivity contribution >= 4 is 17.3 Å². The highest BCUT2D eigenvalue weighted by atomic mass is 16.6. The molecule has 0 amide bonds. The van der Waals surface area contributed by atoms with Crippen LogP contribution in [-0.4, -0.2) is 31.2 Å². The van der Waals surface area contributed by atoms with E-state index < -0.39 is 4.92 Å². The molecule has 0 bridgehead atoms. The first-order valence-corrected chi connectivity index (χ1v) is 5.92. The summed E-state index contributed by atoms with van der Waals surface area (Å²) < 4.78 is 1.94. The summed E-state index contributed by atoms with van der Waals surface area (Å²) in [5.41, 5.74) is 2.28. The maximum atomic E-state index is 10.9. The predicted octanol–water partition coefficient (Wildman–Crippen LogP) is -0.113. The van der Waals surface area contributed by atoms with Gasteiger partial charge in [0.15, 0.2) is 5.82 Å². The summed E-state index contributed by atoms with van der Waals surface area (Å²) in [5, 5.41) is 18.8. The molecule has 1 aliphatic rings. The van der Waals surface area contributed by atoms with Crippen molar-refractivity contribution in [2.45, 2.75) is 13.1 Å². The zero-order chi connectivity index (χ0) is 14.1. The van der Waals surface area contributed by atoms with E-state index in [-0.39, 0.29) is 11.5 Å². The summed E-state index contributed by atoms with van der Waals surface area (Å²) >= 11 is 0. The van der Waals surface area contributed by atoms with Gasteiger partial charge in [-0.2, -0.15) is 0 Å². The Morgan fingerprint density at radius 1 is 1.40 bits per heavy atom. The Bertz CT molecular complexity index is 654. The van der Waals surface area contributed by atoms with Gasteiger partial charge >= 0.3 is 0 Å². The van der Waals surface area contributed by atoms with Crippen molar-refractivity contribution in [2.75, 3.05) is 16.9 Å². The van der Waals surface area contributed by atoms with E-state index in [9.17, 15) is 10.1 Å². The van der Waals surface area contributed by atoms with Gasteiger partial charge in [0.2, 0.25) is 0 Å². The first kappa shape index (κ1) is 12.3. The van der Waals surface area contributed by atoms with Crippen LogP contribution in [0.25, 0.3) is 0 Å². The fourth-order valence-electron chi connectivity index (χ4n) is 2.11. The number of aromatic nitrogens is 4. The van der Waals surface area contributed by atoms with Crippen molar-refractivity contribution in [1.29, 1.82) is 0 Å². The molecule has 0 saturated carbocycles. The molecule has 3 N–H and O–H groups in total. The van der Waals surface area contributed by atoms with Crippen LogP contribution in [0.4, 0.5) is 17.3 Å². The van der Waals surface area contributed by atoms with Crippen LogP contribution in [0.5, 0.6) is 0 Å². The monoisotopic (exact) mass is 276 g/mol. The van der Waals surface area contributed by atoms with E-state index in [0.29, 0.717) is 25.5 Å². The molecule has 0 saturated heterocycles. The van der Waals surface area contributed by atoms with Crippen molar-refractivity contribution in [3.63, 3.8) is 0 Å². The van der Waals surface area contributed by atoms with E-state index in [1.807, 2.05) is 9.47 Å². The molecule has 20 heavy (non-hydrogen) atoms. The summed E-state index contributed by atoms with van der Waals surface area (Å²) in [6.45, 7) is 1.87. The number of nitrogen functional groups attached to an aromatic ring is 1. The van der Waals surface area contributed by atoms with Gasteiger partial charge in [0.05, 0.1) is 23.6 Å². The van der Waals surface area contributed by atoms with Gasteiger partial charge < -0.3 is 14.9 Å². The number of nitro groups is 1. The summed E-state index contributed by atoms with van der Waals surface area (Å²) in [7, 11) is 0. The molecule has 1 aliphatic heterocycles. The maximum Gasteiger partial charge on any atom is 0.276 e. The molecule has 0 radical (unpaired) electrons. The number of nitrogens with zero attached hydrogens (tertiary/aromatic N) is 6. The zero-order valence-corrected chi connectivity index (χ0v) is 10.4. The van der Waals surface area contributed by atoms with Gasteiger partial charge in [-0.3, -0.25) is 10.1 Å². The molecular formula is C10H12N8O2. The number of hydrazine groups is 1. The zero-order valence-electron chi connectivity index (χ0n) is 10.4. The van der Waals surface area contributed by atoms with Crippen LogP contribution in [-0.2, 0) is 13.1 Å². The van der Waals surface area contributed by atoms with Crippen LogP contribution in [0.3, 0.4) is 0 Å². The number of hydrogen-bond acceptors (Lipinski definition) is 8. The highest BCUT2D eigenvalue weighted by molar-refractivity contribution is 5.55. The van der Waals surface area contributed by atoms with Crippen LogP contribution >= 0.6 is 0 Å². The van der Waals surface area contributed by atoms with E-state index in [0.717, 1.165) is 5.82 Å². The minimum Gasteiger partial charge on any atom is -0.347 e. The van der Waals surface area contributed by atoms with Crippen LogP contribution in [0.1, 0.15) is 5.82 Å². The number of rotatable bonds is 3. The van der Waals surface area contributed by atoms with Crippen LogP contribution in [0, 0.1) is 10.1 Å². The summed E-state index contributed by atoms with van der Waals surface area (Å²) in [5.74, 6) is 6.83. The summed E-state index contributed by atoms with van der Waals surface area (Å²) in [6, 6.07) is 2.71. The number of anilines is 2. The molecule has 0 aromatic carbocycles. The Hall–Kier alpha value is -2.75. The van der Waals surface area contributed by atoms with Gasteiger partial charge in [0.25, 0.3) is 5.69 Å². The lowest BCUT2D eigenvalue weighted by atomic mass is 10.3. The van der Waals surface area contributed by atoms with Gasteiger partial charge in [0.1, 0.15) is 18.0 Å². The third kappa shape index (κ3) is 2.12. The lowest BCUT2D eigenvalue weighted by molar-refractivity contribution is -0.384. The fraction of sp³-hybridized carbons (Fsp3) is 0.300.